The lowest BCUT2D eigenvalue weighted by Gasteiger charge is -2.19. The van der Waals surface area contributed by atoms with E-state index >= 15 is 0 Å². The Hall–Kier alpha value is -4.11. The topological polar surface area (TPSA) is 34.1 Å². The molecule has 0 aliphatic carbocycles. The predicted octanol–water partition coefficient (Wildman–Crippen LogP) is 7.32. The molecule has 5 rings (SSSR count). The van der Waals surface area contributed by atoms with E-state index in [4.69, 9.17) is 9.72 Å². The summed E-state index contributed by atoms with van der Waals surface area (Å²) in [6.45, 7) is 0. The molecule has 0 bridgehead atoms. The number of benzene rings is 4. The Morgan fingerprint density at radius 2 is 1.29 bits per heavy atom. The van der Waals surface area contributed by atoms with Crippen LogP contribution in [0, 0.1) is 0 Å². The fourth-order valence-electron chi connectivity index (χ4n) is 3.85. The standard InChI is InChI=1S/C28H22N2O/c1-31-23-18-16-21(17-19-23)27-26(20-10-4-2-5-11-20)28(29-22-12-6-3-7-13-22)24-14-8-9-15-25(24)30-27/h2-19H,1H3,(H,29,30). The van der Waals surface area contributed by atoms with Gasteiger partial charge in [0.1, 0.15) is 5.75 Å². The number of ether oxygens (including phenoxy) is 1. The van der Waals surface area contributed by atoms with E-state index in [2.05, 4.69) is 72.0 Å². The van der Waals surface area contributed by atoms with Gasteiger partial charge in [-0.25, -0.2) is 4.98 Å². The maximum atomic E-state index is 5.36. The third-order valence-corrected chi connectivity index (χ3v) is 5.36. The number of methoxy groups -OCH3 is 1. The molecule has 0 saturated carbocycles. The number of para-hydroxylation sites is 2. The molecule has 4 aromatic carbocycles. The fraction of sp³-hybridized carbons (Fsp3) is 0.0357. The quantitative estimate of drug-likeness (QED) is 0.334. The van der Waals surface area contributed by atoms with Crippen LogP contribution < -0.4 is 10.1 Å². The normalized spacial score (nSPS) is 10.7. The van der Waals surface area contributed by atoms with Gasteiger partial charge in [-0.1, -0.05) is 66.7 Å². The Morgan fingerprint density at radius 1 is 0.645 bits per heavy atom. The second-order valence-corrected chi connectivity index (χ2v) is 7.31. The van der Waals surface area contributed by atoms with Crippen molar-refractivity contribution >= 4 is 22.3 Å². The summed E-state index contributed by atoms with van der Waals surface area (Å²) in [5, 5.41) is 4.77. The summed E-state index contributed by atoms with van der Waals surface area (Å²) in [5.41, 5.74) is 7.21. The molecular weight excluding hydrogens is 380 g/mol. The second-order valence-electron chi connectivity index (χ2n) is 7.31. The van der Waals surface area contributed by atoms with Gasteiger partial charge in [0.15, 0.2) is 0 Å². The van der Waals surface area contributed by atoms with Crippen LogP contribution in [-0.2, 0) is 0 Å². The van der Waals surface area contributed by atoms with Crippen LogP contribution in [0.5, 0.6) is 5.75 Å². The molecule has 1 heterocycles. The monoisotopic (exact) mass is 402 g/mol. The number of rotatable bonds is 5. The first-order valence-corrected chi connectivity index (χ1v) is 10.3. The predicted molar refractivity (Wildman–Crippen MR) is 129 cm³/mol. The summed E-state index contributed by atoms with van der Waals surface area (Å²) in [6, 6.07) is 37.1. The highest BCUT2D eigenvalue weighted by Gasteiger charge is 2.18. The van der Waals surface area contributed by atoms with E-state index in [0.29, 0.717) is 0 Å². The van der Waals surface area contributed by atoms with E-state index < -0.39 is 0 Å². The zero-order valence-electron chi connectivity index (χ0n) is 17.2. The zero-order valence-corrected chi connectivity index (χ0v) is 17.2. The number of hydrogen-bond donors (Lipinski definition) is 1. The average Bonchev–Trinajstić information content (AvgIpc) is 2.85. The van der Waals surface area contributed by atoms with Crippen LogP contribution in [0.15, 0.2) is 109 Å². The molecule has 31 heavy (non-hydrogen) atoms. The molecule has 0 fully saturated rings. The van der Waals surface area contributed by atoms with Crippen molar-refractivity contribution in [2.45, 2.75) is 0 Å². The first kappa shape index (κ1) is 18.9. The second kappa shape index (κ2) is 8.33. The Morgan fingerprint density at radius 3 is 2.00 bits per heavy atom. The first-order valence-electron chi connectivity index (χ1n) is 10.3. The molecule has 0 aliphatic heterocycles. The highest BCUT2D eigenvalue weighted by Crippen LogP contribution is 2.42. The Balaban J connectivity index is 1.83. The molecule has 0 saturated heterocycles. The largest absolute Gasteiger partial charge is 0.497 e. The van der Waals surface area contributed by atoms with Crippen molar-refractivity contribution in [2.24, 2.45) is 0 Å². The molecule has 0 amide bonds. The van der Waals surface area contributed by atoms with E-state index in [9.17, 15) is 0 Å². The molecule has 5 aromatic rings. The lowest BCUT2D eigenvalue weighted by molar-refractivity contribution is 0.415. The summed E-state index contributed by atoms with van der Waals surface area (Å²) in [4.78, 5) is 5.10. The minimum atomic E-state index is 0.827. The number of nitrogens with one attached hydrogen (secondary N) is 1. The molecule has 0 unspecified atom stereocenters. The highest BCUT2D eigenvalue weighted by molar-refractivity contribution is 6.06. The molecule has 0 aliphatic rings. The van der Waals surface area contributed by atoms with E-state index in [-0.39, 0.29) is 0 Å². The third kappa shape index (κ3) is 3.74. The molecule has 0 spiro atoms. The van der Waals surface area contributed by atoms with Gasteiger partial charge in [-0.3, -0.25) is 0 Å². The molecule has 0 atom stereocenters. The van der Waals surface area contributed by atoms with Gasteiger partial charge in [-0.2, -0.15) is 0 Å². The number of hydrogen-bond acceptors (Lipinski definition) is 3. The summed E-state index contributed by atoms with van der Waals surface area (Å²) < 4.78 is 5.36. The van der Waals surface area contributed by atoms with Crippen LogP contribution in [0.25, 0.3) is 33.3 Å². The molecule has 1 aromatic heterocycles. The number of pyridine rings is 1. The van der Waals surface area contributed by atoms with Crippen LogP contribution in [0.3, 0.4) is 0 Å². The zero-order chi connectivity index (χ0) is 21.0. The lowest BCUT2D eigenvalue weighted by Crippen LogP contribution is -2.00. The smallest absolute Gasteiger partial charge is 0.118 e. The van der Waals surface area contributed by atoms with E-state index in [1.54, 1.807) is 7.11 Å². The van der Waals surface area contributed by atoms with Crippen LogP contribution in [0.4, 0.5) is 11.4 Å². The van der Waals surface area contributed by atoms with Crippen LogP contribution in [-0.4, -0.2) is 12.1 Å². The van der Waals surface area contributed by atoms with Crippen molar-refractivity contribution in [3.63, 3.8) is 0 Å². The van der Waals surface area contributed by atoms with Gasteiger partial charge in [0, 0.05) is 22.2 Å². The van der Waals surface area contributed by atoms with Gasteiger partial charge in [-0.05, 0) is 48.0 Å². The summed E-state index contributed by atoms with van der Waals surface area (Å²) in [7, 11) is 1.68. The van der Waals surface area contributed by atoms with E-state index in [1.165, 1.54) is 0 Å². The fourth-order valence-corrected chi connectivity index (χ4v) is 3.85. The van der Waals surface area contributed by atoms with Gasteiger partial charge in [0.05, 0.1) is 24.0 Å². The first-order chi connectivity index (χ1) is 15.3. The maximum Gasteiger partial charge on any atom is 0.118 e. The Kier molecular flexibility index (Phi) is 5.07. The lowest BCUT2D eigenvalue weighted by atomic mass is 9.95. The van der Waals surface area contributed by atoms with Gasteiger partial charge in [0.25, 0.3) is 0 Å². The molecule has 0 radical (unpaired) electrons. The molecule has 3 heteroatoms. The maximum absolute atomic E-state index is 5.36. The Labute approximate surface area is 182 Å². The van der Waals surface area contributed by atoms with Crippen LogP contribution >= 0.6 is 0 Å². The average molecular weight is 402 g/mol. The van der Waals surface area contributed by atoms with Gasteiger partial charge < -0.3 is 10.1 Å². The van der Waals surface area contributed by atoms with Crippen molar-refractivity contribution < 1.29 is 4.74 Å². The summed E-state index contributed by atoms with van der Waals surface area (Å²) >= 11 is 0. The van der Waals surface area contributed by atoms with Crippen molar-refractivity contribution in [1.29, 1.82) is 0 Å². The molecule has 150 valence electrons. The summed E-state index contributed by atoms with van der Waals surface area (Å²) in [5.74, 6) is 0.827. The molecular formula is C28H22N2O. The SMILES string of the molecule is COc1ccc(-c2nc3ccccc3c(Nc3ccccc3)c2-c2ccccc2)cc1. The highest BCUT2D eigenvalue weighted by atomic mass is 16.5. The number of fused-ring (bicyclic) bond motifs is 1. The van der Waals surface area contributed by atoms with Crippen LogP contribution in [0.2, 0.25) is 0 Å². The van der Waals surface area contributed by atoms with Gasteiger partial charge >= 0.3 is 0 Å². The minimum absolute atomic E-state index is 0.827. The van der Waals surface area contributed by atoms with Crippen molar-refractivity contribution in [2.75, 3.05) is 12.4 Å². The van der Waals surface area contributed by atoms with Crippen molar-refractivity contribution in [3.8, 4) is 28.1 Å². The van der Waals surface area contributed by atoms with E-state index in [0.717, 1.165) is 50.4 Å². The van der Waals surface area contributed by atoms with E-state index in [1.807, 2.05) is 42.5 Å². The third-order valence-electron chi connectivity index (χ3n) is 5.36. The van der Waals surface area contributed by atoms with Crippen molar-refractivity contribution in [3.05, 3.63) is 109 Å². The minimum Gasteiger partial charge on any atom is -0.497 e. The molecule has 3 nitrogen and oxygen atoms in total. The number of nitrogens with zero attached hydrogens (tertiary/aromatic N) is 1. The summed E-state index contributed by atoms with van der Waals surface area (Å²) in [6.07, 6.45) is 0. The van der Waals surface area contributed by atoms with Gasteiger partial charge in [-0.15, -0.1) is 0 Å². The van der Waals surface area contributed by atoms with Gasteiger partial charge in [0.2, 0.25) is 0 Å². The number of anilines is 2. The Bertz CT molecular complexity index is 1310. The number of aromatic nitrogens is 1. The van der Waals surface area contributed by atoms with Crippen LogP contribution in [0.1, 0.15) is 0 Å². The molecule has 1 N–H and O–H groups in total. The van der Waals surface area contributed by atoms with Crippen molar-refractivity contribution in [1.82, 2.24) is 4.98 Å².